The van der Waals surface area contributed by atoms with Gasteiger partial charge in [-0.25, -0.2) is 0 Å². The van der Waals surface area contributed by atoms with E-state index >= 15 is 0 Å². The maximum Gasteiger partial charge on any atom is 0.127 e. The summed E-state index contributed by atoms with van der Waals surface area (Å²) in [4.78, 5) is 0. The van der Waals surface area contributed by atoms with Gasteiger partial charge in [0.05, 0.1) is 23.8 Å². The van der Waals surface area contributed by atoms with E-state index in [9.17, 15) is 10.2 Å². The van der Waals surface area contributed by atoms with Gasteiger partial charge in [0.2, 0.25) is 0 Å². The van der Waals surface area contributed by atoms with Crippen LogP contribution in [0.25, 0.3) is 10.9 Å². The lowest BCUT2D eigenvalue weighted by Crippen LogP contribution is -2.31. The molecule has 0 fully saturated rings. The lowest BCUT2D eigenvalue weighted by Gasteiger charge is -2.27. The Morgan fingerprint density at radius 3 is 3.05 bits per heavy atom. The highest BCUT2D eigenvalue weighted by atomic mass is 16.5. The van der Waals surface area contributed by atoms with Gasteiger partial charge in [0.15, 0.2) is 0 Å². The summed E-state index contributed by atoms with van der Waals surface area (Å²) in [5, 5.41) is 25.2. The van der Waals surface area contributed by atoms with Gasteiger partial charge in [-0.05, 0) is 19.1 Å². The zero-order valence-corrected chi connectivity index (χ0v) is 10.7. The van der Waals surface area contributed by atoms with Crippen molar-refractivity contribution in [1.82, 2.24) is 9.78 Å². The largest absolute Gasteiger partial charge is 0.490 e. The zero-order valence-electron chi connectivity index (χ0n) is 10.7. The molecule has 0 amide bonds. The van der Waals surface area contributed by atoms with E-state index in [0.717, 1.165) is 10.9 Å². The number of aromatic nitrogens is 2. The number of benzene rings is 1. The van der Waals surface area contributed by atoms with Gasteiger partial charge < -0.3 is 20.7 Å². The van der Waals surface area contributed by atoms with Crippen molar-refractivity contribution in [2.24, 2.45) is 5.73 Å². The van der Waals surface area contributed by atoms with Gasteiger partial charge in [-0.2, -0.15) is 5.10 Å². The molecule has 19 heavy (non-hydrogen) atoms. The maximum absolute atomic E-state index is 10.2. The highest BCUT2D eigenvalue weighted by molar-refractivity contribution is 5.85. The van der Waals surface area contributed by atoms with Crippen LogP contribution in [-0.4, -0.2) is 38.7 Å². The maximum atomic E-state index is 10.2. The van der Waals surface area contributed by atoms with Gasteiger partial charge in [-0.15, -0.1) is 0 Å². The summed E-state index contributed by atoms with van der Waals surface area (Å²) in [5.41, 5.74) is 7.18. The molecule has 0 radical (unpaired) electrons. The first kappa shape index (κ1) is 12.4. The summed E-state index contributed by atoms with van der Waals surface area (Å²) in [6, 6.07) is 3.64. The summed E-state index contributed by atoms with van der Waals surface area (Å²) in [6.07, 6.45) is -0.154. The smallest absolute Gasteiger partial charge is 0.127 e. The van der Waals surface area contributed by atoms with Crippen LogP contribution in [0.5, 0.6) is 5.75 Å². The van der Waals surface area contributed by atoms with Crippen molar-refractivity contribution in [2.75, 3.05) is 6.61 Å². The van der Waals surface area contributed by atoms with Crippen LogP contribution in [0.2, 0.25) is 0 Å². The molecular weight excluding hydrogens is 246 g/mol. The molecular formula is C13H17N3O3. The van der Waals surface area contributed by atoms with Crippen LogP contribution in [0, 0.1) is 0 Å². The predicted octanol–water partition coefficient (Wildman–Crippen LogP) is 0.170. The number of rotatable bonds is 2. The molecule has 102 valence electrons. The molecule has 1 unspecified atom stereocenters. The molecule has 0 spiro atoms. The van der Waals surface area contributed by atoms with E-state index in [-0.39, 0.29) is 12.6 Å². The fraction of sp³-hybridized carbons (Fsp3) is 0.462. The summed E-state index contributed by atoms with van der Waals surface area (Å²) < 4.78 is 7.21. The van der Waals surface area contributed by atoms with E-state index in [1.165, 1.54) is 0 Å². The van der Waals surface area contributed by atoms with Crippen molar-refractivity contribution in [3.63, 3.8) is 0 Å². The minimum Gasteiger partial charge on any atom is -0.490 e. The third-order valence-corrected chi connectivity index (χ3v) is 3.33. The molecule has 1 aliphatic rings. The van der Waals surface area contributed by atoms with Crippen LogP contribution in [0.1, 0.15) is 18.6 Å². The molecule has 1 aromatic carbocycles. The fourth-order valence-corrected chi connectivity index (χ4v) is 2.47. The lowest BCUT2D eigenvalue weighted by atomic mass is 9.98. The van der Waals surface area contributed by atoms with E-state index in [2.05, 4.69) is 5.10 Å². The molecule has 3 atom stereocenters. The van der Waals surface area contributed by atoms with Crippen molar-refractivity contribution in [3.8, 4) is 5.75 Å². The van der Waals surface area contributed by atoms with E-state index in [4.69, 9.17) is 10.5 Å². The second-order valence-electron chi connectivity index (χ2n) is 5.04. The number of hydrogen-bond donors (Lipinski definition) is 3. The van der Waals surface area contributed by atoms with E-state index < -0.39 is 12.2 Å². The van der Waals surface area contributed by atoms with Crippen LogP contribution < -0.4 is 10.5 Å². The highest BCUT2D eigenvalue weighted by Gasteiger charge is 2.31. The second-order valence-corrected chi connectivity index (χ2v) is 5.04. The molecule has 0 bridgehead atoms. The fourth-order valence-electron chi connectivity index (χ4n) is 2.47. The Bertz CT molecular complexity index is 608. The average Bonchev–Trinajstić information content (AvgIpc) is 2.76. The summed E-state index contributed by atoms with van der Waals surface area (Å²) >= 11 is 0. The Morgan fingerprint density at radius 2 is 2.32 bits per heavy atom. The summed E-state index contributed by atoms with van der Waals surface area (Å²) in [6.45, 7) is 2.54. The number of hydrogen-bond acceptors (Lipinski definition) is 5. The Kier molecular flexibility index (Phi) is 2.93. The van der Waals surface area contributed by atoms with Crippen LogP contribution in [0.15, 0.2) is 18.3 Å². The Balaban J connectivity index is 2.21. The predicted molar refractivity (Wildman–Crippen MR) is 69.8 cm³/mol. The highest BCUT2D eigenvalue weighted by Crippen LogP contribution is 2.37. The molecule has 6 nitrogen and oxygen atoms in total. The topological polar surface area (TPSA) is 93.5 Å². The number of aliphatic hydroxyl groups excluding tert-OH is 2. The molecule has 2 heterocycles. The second kappa shape index (κ2) is 4.48. The molecule has 1 aromatic heterocycles. The summed E-state index contributed by atoms with van der Waals surface area (Å²) in [7, 11) is 0. The first-order chi connectivity index (χ1) is 9.08. The normalized spacial score (nSPS) is 24.0. The minimum atomic E-state index is -0.962. The number of aliphatic hydroxyl groups is 2. The number of ether oxygens (including phenoxy) is 1. The molecule has 3 rings (SSSR count). The van der Waals surface area contributed by atoms with Gasteiger partial charge in [0, 0.05) is 11.4 Å². The van der Waals surface area contributed by atoms with Crippen LogP contribution in [-0.2, 0) is 6.54 Å². The molecule has 1 aliphatic heterocycles. The number of nitrogens with two attached hydrogens (primary N) is 1. The number of fused-ring (bicyclic) bond motifs is 3. The monoisotopic (exact) mass is 263 g/mol. The van der Waals surface area contributed by atoms with Crippen LogP contribution in [0.4, 0.5) is 0 Å². The van der Waals surface area contributed by atoms with Crippen LogP contribution >= 0.6 is 0 Å². The van der Waals surface area contributed by atoms with Crippen molar-refractivity contribution in [3.05, 3.63) is 23.9 Å². The van der Waals surface area contributed by atoms with Crippen molar-refractivity contribution >= 4 is 10.9 Å². The minimum absolute atomic E-state index is 0.0504. The van der Waals surface area contributed by atoms with Gasteiger partial charge in [0.1, 0.15) is 24.6 Å². The van der Waals surface area contributed by atoms with Gasteiger partial charge in [0.25, 0.3) is 0 Å². The van der Waals surface area contributed by atoms with E-state index in [1.54, 1.807) is 16.9 Å². The van der Waals surface area contributed by atoms with Crippen molar-refractivity contribution in [2.45, 2.75) is 31.7 Å². The molecule has 4 N–H and O–H groups in total. The van der Waals surface area contributed by atoms with Gasteiger partial charge in [-0.3, -0.25) is 4.68 Å². The average molecular weight is 263 g/mol. The zero-order chi connectivity index (χ0) is 13.6. The van der Waals surface area contributed by atoms with E-state index in [1.807, 2.05) is 13.0 Å². The Labute approximate surface area is 110 Å². The Hall–Kier alpha value is -1.63. The molecule has 0 saturated heterocycles. The quantitative estimate of drug-likeness (QED) is 0.718. The van der Waals surface area contributed by atoms with E-state index in [0.29, 0.717) is 17.9 Å². The molecule has 2 aromatic rings. The van der Waals surface area contributed by atoms with Crippen LogP contribution in [0.3, 0.4) is 0 Å². The third kappa shape index (κ3) is 1.98. The molecule has 0 saturated carbocycles. The standard InChI is InChI=1S/C13H17N3O3/c1-7(14)5-16-12-8(4-15-16)2-3-10-11(12)13(18)9(17)6-19-10/h2-4,7,9,13,17-18H,5-6,14H2,1H3/t7?,9-,13-/m1/s1. The molecule has 0 aliphatic carbocycles. The van der Waals surface area contributed by atoms with Crippen molar-refractivity contribution in [1.29, 1.82) is 0 Å². The van der Waals surface area contributed by atoms with Gasteiger partial charge in [-0.1, -0.05) is 0 Å². The SMILES string of the molecule is CC(N)Cn1ncc2ccc3c(c21)[C@H](O)[C@H](O)CO3. The first-order valence-corrected chi connectivity index (χ1v) is 6.31. The van der Waals surface area contributed by atoms with Gasteiger partial charge >= 0.3 is 0 Å². The van der Waals surface area contributed by atoms with Crippen molar-refractivity contribution < 1.29 is 14.9 Å². The first-order valence-electron chi connectivity index (χ1n) is 6.31. The molecule has 6 heteroatoms. The third-order valence-electron chi connectivity index (χ3n) is 3.33. The summed E-state index contributed by atoms with van der Waals surface area (Å²) in [5.74, 6) is 0.594. The number of nitrogens with zero attached hydrogens (tertiary/aromatic N) is 2. The lowest BCUT2D eigenvalue weighted by molar-refractivity contribution is -0.0248. The Morgan fingerprint density at radius 1 is 1.53 bits per heavy atom.